The number of rotatable bonds is 7. The molecule has 0 spiro atoms. The summed E-state index contributed by atoms with van der Waals surface area (Å²) in [6, 6.07) is 9.06. The SMILES string of the molecule is CC(=O)CCc1ccc(OCC(=O)NCC#N)cc1. The van der Waals surface area contributed by atoms with Gasteiger partial charge in [0.2, 0.25) is 0 Å². The smallest absolute Gasteiger partial charge is 0.258 e. The molecule has 0 radical (unpaired) electrons. The topological polar surface area (TPSA) is 79.2 Å². The lowest BCUT2D eigenvalue weighted by molar-refractivity contribution is -0.122. The molecule has 0 aliphatic heterocycles. The minimum Gasteiger partial charge on any atom is -0.484 e. The molecule has 1 amide bonds. The third kappa shape index (κ3) is 6.22. The monoisotopic (exact) mass is 260 g/mol. The van der Waals surface area contributed by atoms with Crippen molar-refractivity contribution in [2.75, 3.05) is 13.2 Å². The molecular formula is C14H16N2O3. The van der Waals surface area contributed by atoms with Gasteiger partial charge in [-0.15, -0.1) is 0 Å². The van der Waals surface area contributed by atoms with E-state index in [-0.39, 0.29) is 24.8 Å². The van der Waals surface area contributed by atoms with Crippen molar-refractivity contribution >= 4 is 11.7 Å². The van der Waals surface area contributed by atoms with Gasteiger partial charge in [0.1, 0.15) is 18.1 Å². The Labute approximate surface area is 112 Å². The zero-order valence-electron chi connectivity index (χ0n) is 10.8. The van der Waals surface area contributed by atoms with Crippen molar-refractivity contribution in [2.24, 2.45) is 0 Å². The van der Waals surface area contributed by atoms with Gasteiger partial charge >= 0.3 is 0 Å². The Hall–Kier alpha value is -2.35. The molecule has 0 saturated carbocycles. The summed E-state index contributed by atoms with van der Waals surface area (Å²) in [5, 5.41) is 10.7. The van der Waals surface area contributed by atoms with Gasteiger partial charge in [0.15, 0.2) is 6.61 Å². The van der Waals surface area contributed by atoms with E-state index in [0.717, 1.165) is 5.56 Å². The number of ketones is 1. The van der Waals surface area contributed by atoms with Crippen molar-refractivity contribution < 1.29 is 14.3 Å². The summed E-state index contributed by atoms with van der Waals surface area (Å²) < 4.78 is 5.26. The average Bonchev–Trinajstić information content (AvgIpc) is 2.41. The van der Waals surface area contributed by atoms with Crippen LogP contribution in [0.4, 0.5) is 0 Å². The van der Waals surface area contributed by atoms with E-state index in [1.807, 2.05) is 18.2 Å². The first-order valence-electron chi connectivity index (χ1n) is 5.96. The predicted molar refractivity (Wildman–Crippen MR) is 69.6 cm³/mol. The van der Waals surface area contributed by atoms with E-state index in [1.54, 1.807) is 19.1 Å². The van der Waals surface area contributed by atoms with E-state index in [2.05, 4.69) is 5.32 Å². The Morgan fingerprint density at radius 3 is 2.58 bits per heavy atom. The van der Waals surface area contributed by atoms with Gasteiger partial charge < -0.3 is 14.8 Å². The summed E-state index contributed by atoms with van der Waals surface area (Å²) in [4.78, 5) is 22.1. The van der Waals surface area contributed by atoms with Gasteiger partial charge in [-0.25, -0.2) is 0 Å². The van der Waals surface area contributed by atoms with Crippen molar-refractivity contribution in [2.45, 2.75) is 19.8 Å². The normalized spacial score (nSPS) is 9.47. The third-order valence-electron chi connectivity index (χ3n) is 2.42. The summed E-state index contributed by atoms with van der Waals surface area (Å²) in [5.74, 6) is 0.412. The fourth-order valence-electron chi connectivity index (χ4n) is 1.41. The first-order chi connectivity index (χ1) is 9.11. The molecule has 0 atom stereocenters. The first kappa shape index (κ1) is 14.7. The van der Waals surface area contributed by atoms with E-state index in [0.29, 0.717) is 18.6 Å². The lowest BCUT2D eigenvalue weighted by atomic mass is 10.1. The number of hydrogen-bond acceptors (Lipinski definition) is 4. The van der Waals surface area contributed by atoms with Crippen molar-refractivity contribution in [1.29, 1.82) is 5.26 Å². The molecule has 0 aliphatic carbocycles. The van der Waals surface area contributed by atoms with E-state index in [1.165, 1.54) is 0 Å². The summed E-state index contributed by atoms with van der Waals surface area (Å²) in [6.07, 6.45) is 1.23. The molecule has 5 nitrogen and oxygen atoms in total. The highest BCUT2D eigenvalue weighted by Gasteiger charge is 2.02. The van der Waals surface area contributed by atoms with E-state index in [9.17, 15) is 9.59 Å². The molecule has 1 rings (SSSR count). The Morgan fingerprint density at radius 2 is 2.00 bits per heavy atom. The number of ether oxygens (including phenoxy) is 1. The zero-order valence-corrected chi connectivity index (χ0v) is 10.8. The van der Waals surface area contributed by atoms with Crippen molar-refractivity contribution in [3.63, 3.8) is 0 Å². The Kier molecular flexibility index (Phi) is 6.10. The van der Waals surface area contributed by atoms with Gasteiger partial charge in [0, 0.05) is 6.42 Å². The lowest BCUT2D eigenvalue weighted by Crippen LogP contribution is -2.28. The number of nitrogens with one attached hydrogen (secondary N) is 1. The second-order valence-electron chi connectivity index (χ2n) is 4.07. The van der Waals surface area contributed by atoms with Crippen molar-refractivity contribution in [3.05, 3.63) is 29.8 Å². The first-order valence-corrected chi connectivity index (χ1v) is 5.96. The molecule has 100 valence electrons. The molecular weight excluding hydrogens is 244 g/mol. The second kappa shape index (κ2) is 7.88. The predicted octanol–water partition coefficient (Wildman–Crippen LogP) is 1.23. The molecule has 5 heteroatoms. The van der Waals surface area contributed by atoms with Crippen LogP contribution < -0.4 is 10.1 Å². The molecule has 1 aromatic carbocycles. The van der Waals surface area contributed by atoms with E-state index >= 15 is 0 Å². The number of carbonyl (C=O) groups excluding carboxylic acids is 2. The molecule has 0 aliphatic rings. The van der Waals surface area contributed by atoms with Crippen molar-refractivity contribution in [3.8, 4) is 11.8 Å². The fraction of sp³-hybridized carbons (Fsp3) is 0.357. The largest absolute Gasteiger partial charge is 0.484 e. The Bertz CT molecular complexity index is 474. The molecule has 0 heterocycles. The molecule has 0 saturated heterocycles. The molecule has 0 fully saturated rings. The minimum atomic E-state index is -0.331. The molecule has 0 unspecified atom stereocenters. The van der Waals surface area contributed by atoms with Crippen LogP contribution in [-0.4, -0.2) is 24.8 Å². The van der Waals surface area contributed by atoms with Crippen LogP contribution in [0.15, 0.2) is 24.3 Å². The molecule has 0 aromatic heterocycles. The van der Waals surface area contributed by atoms with E-state index < -0.39 is 0 Å². The summed E-state index contributed by atoms with van der Waals surface area (Å²) in [7, 11) is 0. The van der Waals surface area contributed by atoms with Gasteiger partial charge in [0.05, 0.1) is 6.07 Å². The third-order valence-corrected chi connectivity index (χ3v) is 2.42. The quantitative estimate of drug-likeness (QED) is 0.748. The maximum Gasteiger partial charge on any atom is 0.258 e. The van der Waals surface area contributed by atoms with Crippen LogP contribution in [-0.2, 0) is 16.0 Å². The van der Waals surface area contributed by atoms with Gasteiger partial charge in [-0.2, -0.15) is 5.26 Å². The number of aryl methyl sites for hydroxylation is 1. The van der Waals surface area contributed by atoms with Crippen LogP contribution in [0, 0.1) is 11.3 Å². The highest BCUT2D eigenvalue weighted by atomic mass is 16.5. The number of carbonyl (C=O) groups is 2. The number of benzene rings is 1. The van der Waals surface area contributed by atoms with Crippen LogP contribution >= 0.6 is 0 Å². The van der Waals surface area contributed by atoms with Gasteiger partial charge in [-0.05, 0) is 31.0 Å². The van der Waals surface area contributed by atoms with Crippen LogP contribution in [0.1, 0.15) is 18.9 Å². The molecule has 0 bridgehead atoms. The summed E-state index contributed by atoms with van der Waals surface area (Å²) in [5.41, 5.74) is 1.05. The van der Waals surface area contributed by atoms with Gasteiger partial charge in [-0.3, -0.25) is 4.79 Å². The van der Waals surface area contributed by atoms with Crippen LogP contribution in [0.5, 0.6) is 5.75 Å². The standard InChI is InChI=1S/C14H16N2O3/c1-11(17)2-3-12-4-6-13(7-5-12)19-10-14(18)16-9-8-15/h4-7H,2-3,9-10H2,1H3,(H,16,18). The van der Waals surface area contributed by atoms with Gasteiger partial charge in [0.25, 0.3) is 5.91 Å². The molecule has 1 aromatic rings. The number of hydrogen-bond donors (Lipinski definition) is 1. The number of amides is 1. The lowest BCUT2D eigenvalue weighted by Gasteiger charge is -2.06. The summed E-state index contributed by atoms with van der Waals surface area (Å²) >= 11 is 0. The zero-order chi connectivity index (χ0) is 14.1. The maximum absolute atomic E-state index is 11.2. The molecule has 19 heavy (non-hydrogen) atoms. The second-order valence-corrected chi connectivity index (χ2v) is 4.07. The van der Waals surface area contributed by atoms with Crippen LogP contribution in [0.2, 0.25) is 0 Å². The summed E-state index contributed by atoms with van der Waals surface area (Å²) in [6.45, 7) is 1.43. The average molecular weight is 260 g/mol. The van der Waals surface area contributed by atoms with Crippen LogP contribution in [0.3, 0.4) is 0 Å². The number of Topliss-reactive ketones (excluding diaryl/α,β-unsaturated/α-hetero) is 1. The maximum atomic E-state index is 11.2. The minimum absolute atomic E-state index is 0.0216. The van der Waals surface area contributed by atoms with E-state index in [4.69, 9.17) is 10.00 Å². The van der Waals surface area contributed by atoms with Gasteiger partial charge in [-0.1, -0.05) is 12.1 Å². The fourth-order valence-corrected chi connectivity index (χ4v) is 1.41. The number of nitriles is 1. The highest BCUT2D eigenvalue weighted by Crippen LogP contribution is 2.13. The van der Waals surface area contributed by atoms with Crippen LogP contribution in [0.25, 0.3) is 0 Å². The molecule has 1 N–H and O–H groups in total. The van der Waals surface area contributed by atoms with Crippen molar-refractivity contribution in [1.82, 2.24) is 5.32 Å². The highest BCUT2D eigenvalue weighted by molar-refractivity contribution is 5.77. The number of nitrogens with zero attached hydrogens (tertiary/aromatic N) is 1. The Morgan fingerprint density at radius 1 is 1.32 bits per heavy atom. The Balaban J connectivity index is 2.38.